The summed E-state index contributed by atoms with van der Waals surface area (Å²) < 4.78 is 40.3. The summed E-state index contributed by atoms with van der Waals surface area (Å²) in [6, 6.07) is 9.66. The lowest BCUT2D eigenvalue weighted by Crippen LogP contribution is -2.23. The molecule has 2 aromatic carbocycles. The lowest BCUT2D eigenvalue weighted by molar-refractivity contribution is -0.137. The SMILES string of the molecule is O=C(CNc1ccc(Cl)cc1)Nc1cc(C(F)(F)F)ccc1-n1cncn1. The van der Waals surface area contributed by atoms with Crippen LogP contribution in [-0.4, -0.2) is 27.2 Å². The molecule has 3 rings (SSSR count). The van der Waals surface area contributed by atoms with Crippen LogP contribution in [0.5, 0.6) is 0 Å². The molecule has 0 aliphatic heterocycles. The van der Waals surface area contributed by atoms with E-state index in [4.69, 9.17) is 11.6 Å². The molecule has 1 amide bonds. The second-order valence-electron chi connectivity index (χ2n) is 5.48. The Kier molecular flexibility index (Phi) is 5.31. The highest BCUT2D eigenvalue weighted by Gasteiger charge is 2.31. The highest BCUT2D eigenvalue weighted by atomic mass is 35.5. The van der Waals surface area contributed by atoms with E-state index in [0.29, 0.717) is 10.7 Å². The molecule has 1 aromatic heterocycles. The number of nitrogens with zero attached hydrogens (tertiary/aromatic N) is 3. The average molecular weight is 396 g/mol. The van der Waals surface area contributed by atoms with Gasteiger partial charge in [0.05, 0.1) is 23.5 Å². The van der Waals surface area contributed by atoms with Crippen LogP contribution >= 0.6 is 11.6 Å². The molecule has 27 heavy (non-hydrogen) atoms. The summed E-state index contributed by atoms with van der Waals surface area (Å²) in [6.07, 6.45) is -1.97. The molecule has 0 bridgehead atoms. The Hall–Kier alpha value is -3.07. The van der Waals surface area contributed by atoms with E-state index in [-0.39, 0.29) is 17.9 Å². The van der Waals surface area contributed by atoms with Gasteiger partial charge < -0.3 is 10.6 Å². The summed E-state index contributed by atoms with van der Waals surface area (Å²) in [5, 5.41) is 9.78. The maximum Gasteiger partial charge on any atom is 0.416 e. The smallest absolute Gasteiger partial charge is 0.376 e. The molecule has 0 spiro atoms. The number of alkyl halides is 3. The van der Waals surface area contributed by atoms with Crippen LogP contribution in [0.3, 0.4) is 0 Å². The van der Waals surface area contributed by atoms with Gasteiger partial charge in [0.25, 0.3) is 0 Å². The van der Waals surface area contributed by atoms with Crippen LogP contribution in [0.2, 0.25) is 5.02 Å². The molecular formula is C17H13ClF3N5O. The lowest BCUT2D eigenvalue weighted by Gasteiger charge is -2.15. The van der Waals surface area contributed by atoms with E-state index in [0.717, 1.165) is 12.1 Å². The molecule has 0 radical (unpaired) electrons. The predicted molar refractivity (Wildman–Crippen MR) is 94.9 cm³/mol. The summed E-state index contributed by atoms with van der Waals surface area (Å²) in [6.45, 7) is -0.144. The van der Waals surface area contributed by atoms with Crippen LogP contribution in [0.1, 0.15) is 5.56 Å². The molecule has 0 aliphatic rings. The minimum Gasteiger partial charge on any atom is -0.376 e. The number of halogens is 4. The number of aromatic nitrogens is 3. The van der Waals surface area contributed by atoms with Gasteiger partial charge >= 0.3 is 6.18 Å². The molecule has 0 saturated heterocycles. The van der Waals surface area contributed by atoms with E-state index in [9.17, 15) is 18.0 Å². The fourth-order valence-electron chi connectivity index (χ4n) is 2.29. The summed E-state index contributed by atoms with van der Waals surface area (Å²) in [7, 11) is 0. The van der Waals surface area contributed by atoms with Gasteiger partial charge in [0.2, 0.25) is 5.91 Å². The van der Waals surface area contributed by atoms with Crippen LogP contribution in [0, 0.1) is 0 Å². The first-order valence-electron chi connectivity index (χ1n) is 7.68. The van der Waals surface area contributed by atoms with Crippen LogP contribution in [0.15, 0.2) is 55.1 Å². The largest absolute Gasteiger partial charge is 0.416 e. The number of carbonyl (C=O) groups excluding carboxylic acids is 1. The lowest BCUT2D eigenvalue weighted by atomic mass is 10.1. The van der Waals surface area contributed by atoms with E-state index >= 15 is 0 Å². The first kappa shape index (κ1) is 18.7. The fraction of sp³-hybridized carbons (Fsp3) is 0.118. The molecule has 0 unspecified atom stereocenters. The number of hydrogen-bond donors (Lipinski definition) is 2. The highest BCUT2D eigenvalue weighted by Crippen LogP contribution is 2.33. The molecule has 2 N–H and O–H groups in total. The van der Waals surface area contributed by atoms with Gasteiger partial charge in [-0.05, 0) is 42.5 Å². The first-order chi connectivity index (χ1) is 12.8. The van der Waals surface area contributed by atoms with Gasteiger partial charge in [-0.25, -0.2) is 9.67 Å². The Labute approximate surface area is 157 Å². The zero-order valence-electron chi connectivity index (χ0n) is 13.7. The predicted octanol–water partition coefficient (Wildman–Crippen LogP) is 3.99. The first-order valence-corrected chi connectivity index (χ1v) is 8.06. The minimum atomic E-state index is -4.54. The molecular weight excluding hydrogens is 383 g/mol. The monoisotopic (exact) mass is 395 g/mol. The van der Waals surface area contributed by atoms with Crippen molar-refractivity contribution in [3.63, 3.8) is 0 Å². The Bertz CT molecular complexity index is 927. The molecule has 0 saturated carbocycles. The van der Waals surface area contributed by atoms with Crippen molar-refractivity contribution in [3.8, 4) is 5.69 Å². The molecule has 10 heteroatoms. The van der Waals surface area contributed by atoms with Crippen LogP contribution in [-0.2, 0) is 11.0 Å². The number of benzene rings is 2. The summed E-state index contributed by atoms with van der Waals surface area (Å²) in [4.78, 5) is 16.0. The minimum absolute atomic E-state index is 0.0294. The summed E-state index contributed by atoms with van der Waals surface area (Å²) in [5.74, 6) is -0.523. The topological polar surface area (TPSA) is 71.8 Å². The van der Waals surface area contributed by atoms with Crippen LogP contribution < -0.4 is 10.6 Å². The third kappa shape index (κ3) is 4.76. The highest BCUT2D eigenvalue weighted by molar-refractivity contribution is 6.30. The van der Waals surface area contributed by atoms with Crippen molar-refractivity contribution in [2.75, 3.05) is 17.2 Å². The normalized spacial score (nSPS) is 11.3. The number of hydrogen-bond acceptors (Lipinski definition) is 4. The van der Waals surface area contributed by atoms with Crippen molar-refractivity contribution in [1.82, 2.24) is 14.8 Å². The summed E-state index contributed by atoms with van der Waals surface area (Å²) in [5.41, 5.74) is 0.000918. The van der Waals surface area contributed by atoms with Crippen molar-refractivity contribution in [1.29, 1.82) is 0 Å². The fourth-order valence-corrected chi connectivity index (χ4v) is 2.42. The Morgan fingerprint density at radius 2 is 1.89 bits per heavy atom. The maximum absolute atomic E-state index is 13.0. The number of nitrogens with one attached hydrogen (secondary N) is 2. The Morgan fingerprint density at radius 1 is 1.15 bits per heavy atom. The zero-order chi connectivity index (χ0) is 19.4. The van der Waals surface area contributed by atoms with E-state index in [2.05, 4.69) is 20.7 Å². The second-order valence-corrected chi connectivity index (χ2v) is 5.91. The standard InChI is InChI=1S/C17H13ClF3N5O/c18-12-2-4-13(5-3-12)23-8-16(27)25-14-7-11(17(19,20)21)1-6-15(14)26-10-22-9-24-26/h1-7,9-10,23H,8H2,(H,25,27). The van der Waals surface area contributed by atoms with Crippen molar-refractivity contribution in [2.24, 2.45) is 0 Å². The van der Waals surface area contributed by atoms with Crippen molar-refractivity contribution in [3.05, 3.63) is 65.7 Å². The third-order valence-electron chi connectivity index (χ3n) is 3.56. The molecule has 140 valence electrons. The third-order valence-corrected chi connectivity index (χ3v) is 3.81. The van der Waals surface area contributed by atoms with Gasteiger partial charge in [-0.1, -0.05) is 11.6 Å². The Morgan fingerprint density at radius 3 is 2.52 bits per heavy atom. The molecule has 3 aromatic rings. The average Bonchev–Trinajstić information content (AvgIpc) is 3.15. The molecule has 6 nitrogen and oxygen atoms in total. The second kappa shape index (κ2) is 7.67. The number of amides is 1. The number of carbonyl (C=O) groups is 1. The van der Waals surface area contributed by atoms with Crippen molar-refractivity contribution < 1.29 is 18.0 Å². The quantitative estimate of drug-likeness (QED) is 0.685. The van der Waals surface area contributed by atoms with Crippen LogP contribution in [0.25, 0.3) is 5.69 Å². The van der Waals surface area contributed by atoms with E-state index < -0.39 is 17.6 Å². The van der Waals surface area contributed by atoms with Crippen molar-refractivity contribution >= 4 is 28.9 Å². The van der Waals surface area contributed by atoms with Gasteiger partial charge in [-0.15, -0.1) is 0 Å². The molecule has 0 atom stereocenters. The van der Waals surface area contributed by atoms with Crippen LogP contribution in [0.4, 0.5) is 24.5 Å². The molecule has 1 heterocycles. The van der Waals surface area contributed by atoms with E-state index in [1.165, 1.54) is 23.4 Å². The van der Waals surface area contributed by atoms with E-state index in [1.54, 1.807) is 24.3 Å². The molecule has 0 aliphatic carbocycles. The van der Waals surface area contributed by atoms with Gasteiger partial charge in [-0.3, -0.25) is 4.79 Å². The summed E-state index contributed by atoms with van der Waals surface area (Å²) >= 11 is 5.79. The zero-order valence-corrected chi connectivity index (χ0v) is 14.4. The van der Waals surface area contributed by atoms with E-state index in [1.807, 2.05) is 0 Å². The Balaban J connectivity index is 1.79. The maximum atomic E-state index is 13.0. The number of anilines is 2. The van der Waals surface area contributed by atoms with Gasteiger partial charge in [0.15, 0.2) is 0 Å². The van der Waals surface area contributed by atoms with Gasteiger partial charge in [-0.2, -0.15) is 18.3 Å². The van der Waals surface area contributed by atoms with Crippen molar-refractivity contribution in [2.45, 2.75) is 6.18 Å². The van der Waals surface area contributed by atoms with Gasteiger partial charge in [0, 0.05) is 10.7 Å². The van der Waals surface area contributed by atoms with Gasteiger partial charge in [0.1, 0.15) is 12.7 Å². The number of rotatable bonds is 5. The molecule has 0 fully saturated rings.